The molecule has 0 radical (unpaired) electrons. The number of fused-ring (bicyclic) bond motifs is 2. The first kappa shape index (κ1) is 11.5. The average Bonchev–Trinajstić information content (AvgIpc) is 2.81. The Labute approximate surface area is 103 Å². The Kier molecular flexibility index (Phi) is 1.92. The number of carbonyl (C=O) groups is 1. The van der Waals surface area contributed by atoms with E-state index in [1.165, 1.54) is 12.0 Å². The van der Waals surface area contributed by atoms with Crippen molar-refractivity contribution in [3.8, 4) is 0 Å². The summed E-state index contributed by atoms with van der Waals surface area (Å²) in [7, 11) is 0. The van der Waals surface area contributed by atoms with Crippen LogP contribution in [-0.2, 0) is 4.79 Å². The maximum Gasteiger partial charge on any atom is 0.190 e. The zero-order chi connectivity index (χ0) is 12.6. The molecule has 0 spiro atoms. The van der Waals surface area contributed by atoms with Gasteiger partial charge in [0.15, 0.2) is 5.78 Å². The third-order valence-corrected chi connectivity index (χ3v) is 5.41. The molecular weight excluding hydrogens is 212 g/mol. The predicted octanol–water partition coefficient (Wildman–Crippen LogP) is 2.85. The van der Waals surface area contributed by atoms with Crippen molar-refractivity contribution in [3.63, 3.8) is 0 Å². The van der Waals surface area contributed by atoms with Crippen LogP contribution >= 0.6 is 0 Å². The number of hydrogen-bond acceptors (Lipinski definition) is 2. The van der Waals surface area contributed by atoms with Gasteiger partial charge in [-0.3, -0.25) is 4.79 Å². The Morgan fingerprint density at radius 2 is 1.82 bits per heavy atom. The SMILES string of the molecule is CC1(C)C[C@H]2C[C@@]2(C)C2=C1C(=O)[C@@](C)(O)CC2. The van der Waals surface area contributed by atoms with Gasteiger partial charge in [-0.25, -0.2) is 0 Å². The first-order valence-corrected chi connectivity index (χ1v) is 6.70. The standard InChI is InChI=1S/C15H22O2/c1-13(2)7-9-8-14(9,3)10-5-6-15(4,17)12(16)11(10)13/h9,17H,5-8H2,1-4H3/t9-,14+,15-/m0/s1. The van der Waals surface area contributed by atoms with Crippen LogP contribution in [0.15, 0.2) is 11.1 Å². The average molecular weight is 234 g/mol. The van der Waals surface area contributed by atoms with Crippen LogP contribution in [0.4, 0.5) is 0 Å². The summed E-state index contributed by atoms with van der Waals surface area (Å²) >= 11 is 0. The Bertz CT molecular complexity index is 442. The summed E-state index contributed by atoms with van der Waals surface area (Å²) < 4.78 is 0. The Morgan fingerprint density at radius 1 is 1.18 bits per heavy atom. The second-order valence-electron chi connectivity index (χ2n) is 7.36. The largest absolute Gasteiger partial charge is 0.382 e. The fourth-order valence-electron chi connectivity index (χ4n) is 4.14. The van der Waals surface area contributed by atoms with E-state index in [2.05, 4.69) is 20.8 Å². The zero-order valence-electron chi connectivity index (χ0n) is 11.3. The molecule has 0 bridgehead atoms. The summed E-state index contributed by atoms with van der Waals surface area (Å²) in [5.74, 6) is 0.766. The minimum atomic E-state index is -1.13. The van der Waals surface area contributed by atoms with Crippen LogP contribution in [0.2, 0.25) is 0 Å². The van der Waals surface area contributed by atoms with Gasteiger partial charge >= 0.3 is 0 Å². The van der Waals surface area contributed by atoms with Crippen LogP contribution in [0.1, 0.15) is 53.4 Å². The van der Waals surface area contributed by atoms with Crippen LogP contribution < -0.4 is 0 Å². The number of aliphatic hydroxyl groups is 1. The van der Waals surface area contributed by atoms with E-state index in [9.17, 15) is 9.90 Å². The number of rotatable bonds is 0. The molecule has 0 aliphatic heterocycles. The van der Waals surface area contributed by atoms with Gasteiger partial charge in [-0.05, 0) is 49.4 Å². The van der Waals surface area contributed by atoms with Crippen molar-refractivity contribution in [2.75, 3.05) is 0 Å². The molecule has 3 aliphatic rings. The first-order chi connectivity index (χ1) is 7.68. The minimum absolute atomic E-state index is 0.00433. The number of carbonyl (C=O) groups excluding carboxylic acids is 1. The van der Waals surface area contributed by atoms with Gasteiger partial charge in [0.2, 0.25) is 0 Å². The lowest BCUT2D eigenvalue weighted by atomic mass is 9.61. The van der Waals surface area contributed by atoms with Crippen molar-refractivity contribution < 1.29 is 9.90 Å². The summed E-state index contributed by atoms with van der Waals surface area (Å²) in [6.07, 6.45) is 3.85. The fraction of sp³-hybridized carbons (Fsp3) is 0.800. The highest BCUT2D eigenvalue weighted by molar-refractivity contribution is 6.04. The Hall–Kier alpha value is -0.630. The molecule has 0 unspecified atom stereocenters. The van der Waals surface area contributed by atoms with Crippen molar-refractivity contribution in [3.05, 3.63) is 11.1 Å². The van der Waals surface area contributed by atoms with Crippen molar-refractivity contribution in [1.29, 1.82) is 0 Å². The molecule has 0 aromatic carbocycles. The van der Waals surface area contributed by atoms with Gasteiger partial charge < -0.3 is 5.11 Å². The molecule has 2 nitrogen and oxygen atoms in total. The summed E-state index contributed by atoms with van der Waals surface area (Å²) in [5.41, 5.74) is 1.45. The molecule has 1 N–H and O–H groups in total. The number of Topliss-reactive ketones (excluding diaryl/α,β-unsaturated/α-hetero) is 1. The summed E-state index contributed by atoms with van der Waals surface area (Å²) in [6, 6.07) is 0. The van der Waals surface area contributed by atoms with Crippen LogP contribution in [0.5, 0.6) is 0 Å². The molecule has 0 aromatic heterocycles. The Balaban J connectivity index is 2.17. The maximum absolute atomic E-state index is 12.5. The van der Waals surface area contributed by atoms with Gasteiger partial charge in [0.25, 0.3) is 0 Å². The number of ketones is 1. The lowest BCUT2D eigenvalue weighted by Gasteiger charge is -2.43. The third-order valence-electron chi connectivity index (χ3n) is 5.41. The second-order valence-corrected chi connectivity index (χ2v) is 7.36. The molecule has 1 fully saturated rings. The number of hydrogen-bond donors (Lipinski definition) is 1. The van der Waals surface area contributed by atoms with Gasteiger partial charge in [0.1, 0.15) is 5.60 Å². The highest BCUT2D eigenvalue weighted by atomic mass is 16.3. The van der Waals surface area contributed by atoms with E-state index in [-0.39, 0.29) is 16.6 Å². The molecule has 0 amide bonds. The van der Waals surface area contributed by atoms with E-state index in [0.717, 1.165) is 24.3 Å². The van der Waals surface area contributed by atoms with E-state index in [1.807, 2.05) is 0 Å². The van der Waals surface area contributed by atoms with E-state index in [4.69, 9.17) is 0 Å². The molecule has 17 heavy (non-hydrogen) atoms. The predicted molar refractivity (Wildman–Crippen MR) is 66.5 cm³/mol. The van der Waals surface area contributed by atoms with Crippen molar-refractivity contribution >= 4 is 5.78 Å². The van der Waals surface area contributed by atoms with Gasteiger partial charge in [-0.15, -0.1) is 0 Å². The monoisotopic (exact) mass is 234 g/mol. The van der Waals surface area contributed by atoms with Crippen LogP contribution in [0, 0.1) is 16.7 Å². The molecule has 1 saturated carbocycles. The minimum Gasteiger partial charge on any atom is -0.382 e. The zero-order valence-corrected chi connectivity index (χ0v) is 11.3. The molecule has 0 heterocycles. The smallest absolute Gasteiger partial charge is 0.190 e. The highest BCUT2D eigenvalue weighted by Gasteiger charge is 2.62. The summed E-state index contributed by atoms with van der Waals surface area (Å²) in [4.78, 5) is 12.5. The highest BCUT2D eigenvalue weighted by Crippen LogP contribution is 2.69. The summed E-state index contributed by atoms with van der Waals surface area (Å²) in [5, 5.41) is 10.2. The molecule has 3 atom stereocenters. The van der Waals surface area contributed by atoms with E-state index < -0.39 is 5.60 Å². The molecule has 94 valence electrons. The molecule has 0 aromatic rings. The third kappa shape index (κ3) is 1.33. The van der Waals surface area contributed by atoms with Gasteiger partial charge in [0.05, 0.1) is 0 Å². The Morgan fingerprint density at radius 3 is 2.47 bits per heavy atom. The second kappa shape index (κ2) is 2.85. The van der Waals surface area contributed by atoms with Gasteiger partial charge in [-0.2, -0.15) is 0 Å². The molecule has 2 heteroatoms. The molecule has 3 rings (SSSR count). The lowest BCUT2D eigenvalue weighted by Crippen LogP contribution is -2.46. The normalized spacial score (nSPS) is 47.6. The quantitative estimate of drug-likeness (QED) is 0.699. The van der Waals surface area contributed by atoms with E-state index >= 15 is 0 Å². The summed E-state index contributed by atoms with van der Waals surface area (Å²) in [6.45, 7) is 8.31. The van der Waals surface area contributed by atoms with Crippen LogP contribution in [0.25, 0.3) is 0 Å². The molecular formula is C15H22O2. The van der Waals surface area contributed by atoms with E-state index in [1.54, 1.807) is 6.92 Å². The number of allylic oxidation sites excluding steroid dienone is 1. The molecule has 3 aliphatic carbocycles. The lowest BCUT2D eigenvalue weighted by molar-refractivity contribution is -0.134. The van der Waals surface area contributed by atoms with Crippen LogP contribution in [0.3, 0.4) is 0 Å². The topological polar surface area (TPSA) is 37.3 Å². The van der Waals surface area contributed by atoms with Crippen molar-refractivity contribution in [1.82, 2.24) is 0 Å². The maximum atomic E-state index is 12.5. The first-order valence-electron chi connectivity index (χ1n) is 6.70. The van der Waals surface area contributed by atoms with E-state index in [0.29, 0.717) is 6.42 Å². The van der Waals surface area contributed by atoms with Crippen molar-refractivity contribution in [2.45, 2.75) is 59.0 Å². The van der Waals surface area contributed by atoms with Crippen LogP contribution in [-0.4, -0.2) is 16.5 Å². The van der Waals surface area contributed by atoms with Gasteiger partial charge in [0, 0.05) is 5.57 Å². The fourth-order valence-corrected chi connectivity index (χ4v) is 4.14. The van der Waals surface area contributed by atoms with Gasteiger partial charge in [-0.1, -0.05) is 26.3 Å². The van der Waals surface area contributed by atoms with Crippen molar-refractivity contribution in [2.24, 2.45) is 16.7 Å². The molecule has 0 saturated heterocycles.